The van der Waals surface area contributed by atoms with Crippen LogP contribution in [0, 0.1) is 0 Å². The van der Waals surface area contributed by atoms with Crippen LogP contribution in [0.2, 0.25) is 5.02 Å². The molecule has 0 aliphatic carbocycles. The van der Waals surface area contributed by atoms with Gasteiger partial charge >= 0.3 is 5.97 Å². The van der Waals surface area contributed by atoms with Crippen LogP contribution >= 0.6 is 11.6 Å². The van der Waals surface area contributed by atoms with E-state index in [0.29, 0.717) is 10.6 Å². The van der Waals surface area contributed by atoms with Crippen molar-refractivity contribution in [2.45, 2.75) is 0 Å². The fourth-order valence-corrected chi connectivity index (χ4v) is 1.45. The highest BCUT2D eigenvalue weighted by molar-refractivity contribution is 6.30. The zero-order valence-electron chi connectivity index (χ0n) is 8.48. The predicted octanol–water partition coefficient (Wildman–Crippen LogP) is 1.79. The zero-order valence-corrected chi connectivity index (χ0v) is 9.23. The van der Waals surface area contributed by atoms with Crippen LogP contribution < -0.4 is 5.56 Å². The molecule has 0 saturated heterocycles. The lowest BCUT2D eigenvalue weighted by atomic mass is 10.1. The highest BCUT2D eigenvalue weighted by Gasteiger charge is 2.09. The average molecular weight is 251 g/mol. The first kappa shape index (κ1) is 11.3. The second kappa shape index (κ2) is 4.39. The summed E-state index contributed by atoms with van der Waals surface area (Å²) in [4.78, 5) is 28.3. The highest BCUT2D eigenvalue weighted by atomic mass is 35.5. The van der Waals surface area contributed by atoms with Crippen LogP contribution in [0.15, 0.2) is 35.3 Å². The molecule has 0 unspecified atom stereocenters. The smallest absolute Gasteiger partial charge is 0.354 e. The molecule has 1 aromatic carbocycles. The van der Waals surface area contributed by atoms with Gasteiger partial charge in [-0.2, -0.15) is 0 Å². The molecule has 5 nitrogen and oxygen atoms in total. The Morgan fingerprint density at radius 3 is 2.47 bits per heavy atom. The summed E-state index contributed by atoms with van der Waals surface area (Å²) in [5.74, 6) is -1.22. The Balaban J connectivity index is 2.50. The Labute approximate surface area is 101 Å². The van der Waals surface area contributed by atoms with Crippen LogP contribution in [-0.2, 0) is 0 Å². The maximum Gasteiger partial charge on any atom is 0.354 e. The SMILES string of the molecule is O=C(O)c1cnc(-c2ccc(Cl)cc2)c(=O)[nH]1. The lowest BCUT2D eigenvalue weighted by Gasteiger charge is -2.00. The van der Waals surface area contributed by atoms with Crippen molar-refractivity contribution in [3.8, 4) is 11.3 Å². The Hall–Kier alpha value is -2.14. The summed E-state index contributed by atoms with van der Waals surface area (Å²) in [5, 5.41) is 9.23. The van der Waals surface area contributed by atoms with Crippen molar-refractivity contribution in [3.05, 3.63) is 51.5 Å². The van der Waals surface area contributed by atoms with E-state index in [2.05, 4.69) is 9.97 Å². The molecule has 0 atom stereocenters. The molecular weight excluding hydrogens is 244 g/mol. The summed E-state index contributed by atoms with van der Waals surface area (Å²) < 4.78 is 0. The van der Waals surface area contributed by atoms with E-state index >= 15 is 0 Å². The zero-order chi connectivity index (χ0) is 12.4. The van der Waals surface area contributed by atoms with Gasteiger partial charge in [0.1, 0.15) is 11.4 Å². The van der Waals surface area contributed by atoms with Crippen molar-refractivity contribution in [1.82, 2.24) is 9.97 Å². The largest absolute Gasteiger partial charge is 0.477 e. The number of carboxylic acids is 1. The number of carbonyl (C=O) groups is 1. The van der Waals surface area contributed by atoms with Gasteiger partial charge in [0.2, 0.25) is 0 Å². The van der Waals surface area contributed by atoms with Crippen LogP contribution in [0.3, 0.4) is 0 Å². The van der Waals surface area contributed by atoms with E-state index in [-0.39, 0.29) is 11.4 Å². The number of rotatable bonds is 2. The summed E-state index contributed by atoms with van der Waals surface area (Å²) in [6.45, 7) is 0. The molecule has 0 amide bonds. The van der Waals surface area contributed by atoms with Crippen LogP contribution in [-0.4, -0.2) is 21.0 Å². The molecule has 0 aliphatic rings. The number of nitrogens with zero attached hydrogens (tertiary/aromatic N) is 1. The predicted molar refractivity (Wildman–Crippen MR) is 62.3 cm³/mol. The summed E-state index contributed by atoms with van der Waals surface area (Å²) in [6.07, 6.45) is 1.10. The van der Waals surface area contributed by atoms with Crippen molar-refractivity contribution >= 4 is 17.6 Å². The fourth-order valence-electron chi connectivity index (χ4n) is 1.32. The van der Waals surface area contributed by atoms with Gasteiger partial charge in [0.05, 0.1) is 6.20 Å². The average Bonchev–Trinajstić information content (AvgIpc) is 2.30. The van der Waals surface area contributed by atoms with Crippen molar-refractivity contribution in [1.29, 1.82) is 0 Å². The quantitative estimate of drug-likeness (QED) is 0.851. The summed E-state index contributed by atoms with van der Waals surface area (Å²) in [5.41, 5.74) is -0.0563. The molecule has 6 heteroatoms. The van der Waals surface area contributed by atoms with Crippen molar-refractivity contribution in [2.24, 2.45) is 0 Å². The first-order valence-corrected chi connectivity index (χ1v) is 5.04. The molecule has 86 valence electrons. The highest BCUT2D eigenvalue weighted by Crippen LogP contribution is 2.16. The monoisotopic (exact) mass is 250 g/mol. The van der Waals surface area contributed by atoms with Gasteiger partial charge in [0, 0.05) is 10.6 Å². The number of benzene rings is 1. The van der Waals surface area contributed by atoms with Gasteiger partial charge in [-0.15, -0.1) is 0 Å². The van der Waals surface area contributed by atoms with Crippen molar-refractivity contribution in [2.75, 3.05) is 0 Å². The van der Waals surface area contributed by atoms with Gasteiger partial charge in [0.15, 0.2) is 0 Å². The normalized spacial score (nSPS) is 10.2. The maximum atomic E-state index is 11.6. The van der Waals surface area contributed by atoms with Gasteiger partial charge in [-0.25, -0.2) is 9.78 Å². The van der Waals surface area contributed by atoms with E-state index in [1.807, 2.05) is 0 Å². The summed E-state index contributed by atoms with van der Waals surface area (Å²) in [7, 11) is 0. The number of aromatic nitrogens is 2. The number of aromatic carboxylic acids is 1. The number of hydrogen-bond acceptors (Lipinski definition) is 3. The number of carboxylic acid groups (broad SMARTS) is 1. The molecular formula is C11H7ClN2O3. The van der Waals surface area contributed by atoms with Gasteiger partial charge in [-0.3, -0.25) is 4.79 Å². The Kier molecular flexibility index (Phi) is 2.93. The number of halogens is 1. The Morgan fingerprint density at radius 2 is 1.94 bits per heavy atom. The first-order chi connectivity index (χ1) is 8.08. The van der Waals surface area contributed by atoms with Crippen LogP contribution in [0.1, 0.15) is 10.5 Å². The molecule has 1 aromatic heterocycles. The van der Waals surface area contributed by atoms with Gasteiger partial charge in [0.25, 0.3) is 5.56 Å². The third-order valence-electron chi connectivity index (χ3n) is 2.13. The number of nitrogens with one attached hydrogen (secondary N) is 1. The van der Waals surface area contributed by atoms with Crippen LogP contribution in [0.4, 0.5) is 0 Å². The fraction of sp³-hybridized carbons (Fsp3) is 0. The minimum Gasteiger partial charge on any atom is -0.477 e. The van der Waals surface area contributed by atoms with Crippen molar-refractivity contribution in [3.63, 3.8) is 0 Å². The lowest BCUT2D eigenvalue weighted by Crippen LogP contribution is -2.16. The molecule has 1 heterocycles. The van der Waals surface area contributed by atoms with Crippen LogP contribution in [0.25, 0.3) is 11.3 Å². The topological polar surface area (TPSA) is 83.0 Å². The van der Waals surface area contributed by atoms with E-state index in [1.165, 1.54) is 0 Å². The number of hydrogen-bond donors (Lipinski definition) is 2. The van der Waals surface area contributed by atoms with E-state index in [0.717, 1.165) is 6.20 Å². The molecule has 2 N–H and O–H groups in total. The first-order valence-electron chi connectivity index (χ1n) is 4.66. The van der Waals surface area contributed by atoms with Gasteiger partial charge in [-0.1, -0.05) is 23.7 Å². The molecule has 17 heavy (non-hydrogen) atoms. The standard InChI is InChI=1S/C11H7ClN2O3/c12-7-3-1-6(2-4-7)9-10(15)14-8(5-13-9)11(16)17/h1-5H,(H,14,15)(H,16,17). The van der Waals surface area contributed by atoms with E-state index in [1.54, 1.807) is 24.3 Å². The minimum atomic E-state index is -1.22. The minimum absolute atomic E-state index is 0.159. The molecule has 0 fully saturated rings. The summed E-state index contributed by atoms with van der Waals surface area (Å²) >= 11 is 5.72. The molecule has 0 aliphatic heterocycles. The molecule has 0 bridgehead atoms. The molecule has 0 saturated carbocycles. The molecule has 0 spiro atoms. The molecule has 2 rings (SSSR count). The lowest BCUT2D eigenvalue weighted by molar-refractivity contribution is 0.0689. The number of aromatic amines is 1. The summed E-state index contributed by atoms with van der Waals surface area (Å²) in [6, 6.07) is 6.53. The van der Waals surface area contributed by atoms with E-state index < -0.39 is 11.5 Å². The van der Waals surface area contributed by atoms with Gasteiger partial charge < -0.3 is 10.1 Å². The second-order valence-electron chi connectivity index (χ2n) is 3.29. The molecule has 2 aromatic rings. The van der Waals surface area contributed by atoms with Crippen LogP contribution in [0.5, 0.6) is 0 Å². The third-order valence-corrected chi connectivity index (χ3v) is 2.39. The Bertz CT molecular complexity index is 619. The van der Waals surface area contributed by atoms with E-state index in [9.17, 15) is 9.59 Å². The number of H-pyrrole nitrogens is 1. The third kappa shape index (κ3) is 2.34. The Morgan fingerprint density at radius 1 is 1.29 bits per heavy atom. The molecule has 0 radical (unpaired) electrons. The van der Waals surface area contributed by atoms with Gasteiger partial charge in [-0.05, 0) is 12.1 Å². The second-order valence-corrected chi connectivity index (χ2v) is 3.72. The maximum absolute atomic E-state index is 11.6. The van der Waals surface area contributed by atoms with E-state index in [4.69, 9.17) is 16.7 Å². The van der Waals surface area contributed by atoms with Crippen molar-refractivity contribution < 1.29 is 9.90 Å².